The molecule has 0 radical (unpaired) electrons. The first-order valence-corrected chi connectivity index (χ1v) is 10.3. The molecule has 0 aliphatic carbocycles. The highest BCUT2D eigenvalue weighted by atomic mass is 16.5. The molecule has 9 nitrogen and oxygen atoms in total. The SMILES string of the molecule is Cc1nn(-c2ccc3nncn3n2)c2c1C(c1cccc(OCC(C)C)c1)CC(=O)N2. The molecule has 1 aliphatic heterocycles. The first-order valence-electron chi connectivity index (χ1n) is 10.3. The van der Waals surface area contributed by atoms with Crippen LogP contribution in [0.5, 0.6) is 5.75 Å². The number of hydrogen-bond donors (Lipinski definition) is 1. The summed E-state index contributed by atoms with van der Waals surface area (Å²) in [5.74, 6) is 2.30. The number of amides is 1. The minimum Gasteiger partial charge on any atom is -0.493 e. The van der Waals surface area contributed by atoms with Crippen molar-refractivity contribution in [1.29, 1.82) is 0 Å². The molecule has 1 amide bonds. The summed E-state index contributed by atoms with van der Waals surface area (Å²) < 4.78 is 9.16. The molecule has 3 aromatic heterocycles. The molecule has 1 aliphatic rings. The molecule has 5 rings (SSSR count). The third-order valence-electron chi connectivity index (χ3n) is 5.31. The van der Waals surface area contributed by atoms with Crippen LogP contribution in [0.4, 0.5) is 5.82 Å². The van der Waals surface area contributed by atoms with Crippen molar-refractivity contribution in [3.8, 4) is 11.6 Å². The quantitative estimate of drug-likeness (QED) is 0.536. The second-order valence-electron chi connectivity index (χ2n) is 8.17. The van der Waals surface area contributed by atoms with Gasteiger partial charge in [0, 0.05) is 17.9 Å². The molecule has 0 bridgehead atoms. The summed E-state index contributed by atoms with van der Waals surface area (Å²) in [5.41, 5.74) is 3.51. The summed E-state index contributed by atoms with van der Waals surface area (Å²) >= 11 is 0. The van der Waals surface area contributed by atoms with Gasteiger partial charge in [0.05, 0.1) is 12.3 Å². The van der Waals surface area contributed by atoms with E-state index in [1.807, 2.05) is 43.3 Å². The molecule has 1 N–H and O–H groups in total. The van der Waals surface area contributed by atoms with Gasteiger partial charge in [-0.3, -0.25) is 4.79 Å². The number of carbonyl (C=O) groups is 1. The fraction of sp³-hybridized carbons (Fsp3) is 0.318. The van der Waals surface area contributed by atoms with E-state index < -0.39 is 0 Å². The van der Waals surface area contributed by atoms with Gasteiger partial charge in [0.15, 0.2) is 11.5 Å². The monoisotopic (exact) mass is 417 g/mol. The molecule has 0 spiro atoms. The summed E-state index contributed by atoms with van der Waals surface area (Å²) in [5, 5.41) is 20.1. The van der Waals surface area contributed by atoms with Crippen LogP contribution >= 0.6 is 0 Å². The normalized spacial score (nSPS) is 15.9. The number of carbonyl (C=O) groups excluding carboxylic acids is 1. The van der Waals surface area contributed by atoms with Crippen molar-refractivity contribution in [3.63, 3.8) is 0 Å². The van der Waals surface area contributed by atoms with Gasteiger partial charge in [-0.25, -0.2) is 0 Å². The van der Waals surface area contributed by atoms with Gasteiger partial charge in [-0.15, -0.1) is 15.3 Å². The fourth-order valence-electron chi connectivity index (χ4n) is 3.91. The molecule has 4 aromatic rings. The van der Waals surface area contributed by atoms with Crippen LogP contribution < -0.4 is 10.1 Å². The van der Waals surface area contributed by atoms with Gasteiger partial charge in [0.25, 0.3) is 0 Å². The second-order valence-corrected chi connectivity index (χ2v) is 8.17. The lowest BCUT2D eigenvalue weighted by Gasteiger charge is -2.24. The molecule has 0 saturated heterocycles. The zero-order chi connectivity index (χ0) is 21.5. The van der Waals surface area contributed by atoms with E-state index in [1.165, 1.54) is 6.33 Å². The lowest BCUT2D eigenvalue weighted by molar-refractivity contribution is -0.116. The van der Waals surface area contributed by atoms with Crippen molar-refractivity contribution in [2.75, 3.05) is 11.9 Å². The Morgan fingerprint density at radius 1 is 1.23 bits per heavy atom. The topological polar surface area (TPSA) is 99.2 Å². The molecule has 1 unspecified atom stereocenters. The van der Waals surface area contributed by atoms with Crippen LogP contribution in [0.25, 0.3) is 11.5 Å². The number of nitrogens with zero attached hydrogens (tertiary/aromatic N) is 6. The van der Waals surface area contributed by atoms with E-state index in [0.717, 1.165) is 22.6 Å². The summed E-state index contributed by atoms with van der Waals surface area (Å²) in [7, 11) is 0. The van der Waals surface area contributed by atoms with Crippen molar-refractivity contribution in [1.82, 2.24) is 29.6 Å². The van der Waals surface area contributed by atoms with E-state index in [0.29, 0.717) is 36.2 Å². The molecular formula is C22H23N7O2. The Bertz CT molecular complexity index is 1270. The fourth-order valence-corrected chi connectivity index (χ4v) is 3.91. The van der Waals surface area contributed by atoms with E-state index in [9.17, 15) is 4.79 Å². The molecule has 9 heteroatoms. The van der Waals surface area contributed by atoms with Crippen LogP contribution in [0.3, 0.4) is 0 Å². The summed E-state index contributed by atoms with van der Waals surface area (Å²) in [4.78, 5) is 12.6. The highest BCUT2D eigenvalue weighted by Crippen LogP contribution is 2.40. The summed E-state index contributed by atoms with van der Waals surface area (Å²) in [6.45, 7) is 6.83. The van der Waals surface area contributed by atoms with Crippen molar-refractivity contribution in [2.45, 2.75) is 33.1 Å². The number of anilines is 1. The van der Waals surface area contributed by atoms with Gasteiger partial charge in [0.1, 0.15) is 17.9 Å². The predicted octanol–water partition coefficient (Wildman–Crippen LogP) is 3.13. The maximum absolute atomic E-state index is 12.6. The molecule has 0 saturated carbocycles. The minimum absolute atomic E-state index is 0.0578. The largest absolute Gasteiger partial charge is 0.493 e. The number of benzene rings is 1. The first kappa shape index (κ1) is 19.2. The van der Waals surface area contributed by atoms with Crippen molar-refractivity contribution in [2.24, 2.45) is 5.92 Å². The molecule has 0 fully saturated rings. The Labute approximate surface area is 179 Å². The van der Waals surface area contributed by atoms with Crippen molar-refractivity contribution < 1.29 is 9.53 Å². The highest BCUT2D eigenvalue weighted by Gasteiger charge is 2.33. The van der Waals surface area contributed by atoms with Crippen LogP contribution in [0, 0.1) is 12.8 Å². The van der Waals surface area contributed by atoms with Gasteiger partial charge in [0.2, 0.25) is 5.91 Å². The number of fused-ring (bicyclic) bond motifs is 2. The van der Waals surface area contributed by atoms with Gasteiger partial charge >= 0.3 is 0 Å². The van der Waals surface area contributed by atoms with Crippen LogP contribution in [0.1, 0.15) is 43.0 Å². The van der Waals surface area contributed by atoms with E-state index >= 15 is 0 Å². The lowest BCUT2D eigenvalue weighted by Crippen LogP contribution is -2.25. The third-order valence-corrected chi connectivity index (χ3v) is 5.31. The Balaban J connectivity index is 1.57. The van der Waals surface area contributed by atoms with E-state index in [2.05, 4.69) is 34.5 Å². The predicted molar refractivity (Wildman–Crippen MR) is 115 cm³/mol. The summed E-state index contributed by atoms with van der Waals surface area (Å²) in [6, 6.07) is 11.6. The van der Waals surface area contributed by atoms with E-state index in [1.54, 1.807) is 9.20 Å². The number of aryl methyl sites for hydroxylation is 1. The number of nitrogens with one attached hydrogen (secondary N) is 1. The molecule has 158 valence electrons. The molecule has 1 aromatic carbocycles. The van der Waals surface area contributed by atoms with Crippen molar-refractivity contribution in [3.05, 3.63) is 59.5 Å². The molecule has 4 heterocycles. The molecule has 31 heavy (non-hydrogen) atoms. The van der Waals surface area contributed by atoms with Gasteiger partial charge in [-0.1, -0.05) is 26.0 Å². The maximum atomic E-state index is 12.6. The smallest absolute Gasteiger partial charge is 0.226 e. The lowest BCUT2D eigenvalue weighted by atomic mass is 9.86. The Morgan fingerprint density at radius 3 is 2.94 bits per heavy atom. The van der Waals surface area contributed by atoms with E-state index in [-0.39, 0.29) is 11.8 Å². The number of rotatable bonds is 5. The van der Waals surface area contributed by atoms with Crippen LogP contribution in [0.2, 0.25) is 0 Å². The Kier molecular flexibility index (Phi) is 4.65. The van der Waals surface area contributed by atoms with Gasteiger partial charge < -0.3 is 10.1 Å². The van der Waals surface area contributed by atoms with Crippen LogP contribution in [0.15, 0.2) is 42.7 Å². The van der Waals surface area contributed by atoms with Gasteiger partial charge in [-0.2, -0.15) is 14.3 Å². The molecular weight excluding hydrogens is 394 g/mol. The van der Waals surface area contributed by atoms with Crippen molar-refractivity contribution >= 4 is 17.4 Å². The van der Waals surface area contributed by atoms with E-state index in [4.69, 9.17) is 9.84 Å². The molecule has 1 atom stereocenters. The summed E-state index contributed by atoms with van der Waals surface area (Å²) in [6.07, 6.45) is 1.89. The zero-order valence-corrected chi connectivity index (χ0v) is 17.6. The zero-order valence-electron chi connectivity index (χ0n) is 17.6. The average Bonchev–Trinajstić information content (AvgIpc) is 3.35. The third kappa shape index (κ3) is 3.52. The first-order chi connectivity index (χ1) is 15.0. The van der Waals surface area contributed by atoms with Crippen LogP contribution in [-0.2, 0) is 4.79 Å². The Hall–Kier alpha value is -3.75. The average molecular weight is 417 g/mol. The number of ether oxygens (including phenoxy) is 1. The maximum Gasteiger partial charge on any atom is 0.226 e. The van der Waals surface area contributed by atoms with Crippen LogP contribution in [-0.4, -0.2) is 42.1 Å². The Morgan fingerprint density at radius 2 is 2.10 bits per heavy atom. The highest BCUT2D eigenvalue weighted by molar-refractivity contribution is 5.95. The van der Waals surface area contributed by atoms with Gasteiger partial charge in [-0.05, 0) is 42.7 Å². The second kappa shape index (κ2) is 7.50. The number of aromatic nitrogens is 6. The number of hydrogen-bond acceptors (Lipinski definition) is 6. The standard InChI is InChI=1S/C22H23N7O2/c1-13(2)11-31-16-6-4-5-15(9-16)17-10-20(30)24-22-21(17)14(3)26-29(22)19-8-7-18-25-23-12-28(18)27-19/h4-9,12-13,17H,10-11H2,1-3H3,(H,24,30). The minimum atomic E-state index is -0.112.